The van der Waals surface area contributed by atoms with Crippen LogP contribution in [-0.4, -0.2) is 243 Å². The molecular formula is C62H95N9O29S6. The second-order valence-electron chi connectivity index (χ2n) is 23.7. The van der Waals surface area contributed by atoms with Gasteiger partial charge in [0, 0.05) is 60.8 Å². The number of benzene rings is 3. The van der Waals surface area contributed by atoms with Crippen molar-refractivity contribution in [2.75, 3.05) is 121 Å². The van der Waals surface area contributed by atoms with Crippen LogP contribution in [0, 0.1) is 0 Å². The number of nitrogens with two attached hydrogens (primary N) is 1. The Morgan fingerprint density at radius 2 is 0.830 bits per heavy atom. The molecular weight excluding hydrogens is 1530 g/mol. The lowest BCUT2D eigenvalue weighted by atomic mass is 10.0. The van der Waals surface area contributed by atoms with Gasteiger partial charge in [-0.1, -0.05) is 5.21 Å². The van der Waals surface area contributed by atoms with Crippen LogP contribution in [0.15, 0.2) is 52.7 Å². The number of carbonyl (C=O) groups is 3. The minimum absolute atomic E-state index is 0.0368. The number of aliphatic imine (C=N–C) groups is 1. The highest BCUT2D eigenvalue weighted by Crippen LogP contribution is 2.41. The van der Waals surface area contributed by atoms with Crippen LogP contribution in [0.4, 0.5) is 0 Å². The van der Waals surface area contributed by atoms with E-state index in [4.69, 9.17) is 43.7 Å². The summed E-state index contributed by atoms with van der Waals surface area (Å²) in [6, 6.07) is 8.42. The second-order valence-corrected chi connectivity index (χ2v) is 33.1. The molecule has 0 aliphatic rings. The van der Waals surface area contributed by atoms with Gasteiger partial charge in [-0.25, -0.2) is 0 Å². The van der Waals surface area contributed by atoms with E-state index in [2.05, 4.69) is 36.4 Å². The van der Waals surface area contributed by atoms with Crippen molar-refractivity contribution in [2.45, 2.75) is 116 Å². The van der Waals surface area contributed by atoms with Crippen molar-refractivity contribution in [3.63, 3.8) is 0 Å². The normalized spacial score (nSPS) is 12.4. The number of ether oxygens (including phenoxy) is 8. The number of aromatic nitrogens is 3. The smallest absolute Gasteiger partial charge is 0.264 e. The maximum absolute atomic E-state index is 13.5. The van der Waals surface area contributed by atoms with Gasteiger partial charge in [-0.15, -0.1) is 5.10 Å². The summed E-state index contributed by atoms with van der Waals surface area (Å²) in [6.45, 7) is 1.64. The highest BCUT2D eigenvalue weighted by atomic mass is 32.2. The molecule has 0 spiro atoms. The Bertz CT molecular complexity index is 4140. The van der Waals surface area contributed by atoms with Gasteiger partial charge in [0.05, 0.1) is 98.8 Å². The Labute approximate surface area is 617 Å². The molecule has 0 radical (unpaired) electrons. The number of aryl methyl sites for hydroxylation is 2. The van der Waals surface area contributed by atoms with Crippen molar-refractivity contribution in [1.82, 2.24) is 30.9 Å². The number of unbranched alkanes of at least 4 members (excludes halogenated alkanes) is 2. The molecule has 44 heteroatoms. The number of hydrazone groups is 1. The van der Waals surface area contributed by atoms with Crippen molar-refractivity contribution < 1.29 is 130 Å². The zero-order valence-corrected chi connectivity index (χ0v) is 63.6. The molecule has 2 amide bonds. The monoisotopic (exact) mass is 1620 g/mol. The van der Waals surface area contributed by atoms with Gasteiger partial charge in [-0.2, -0.15) is 55.6 Å². The highest BCUT2D eigenvalue weighted by Gasteiger charge is 2.24. The van der Waals surface area contributed by atoms with Crippen LogP contribution in [-0.2, 0) is 80.1 Å². The lowest BCUT2D eigenvalue weighted by molar-refractivity contribution is 0.0943. The average molecular weight is 1620 g/mol. The molecule has 0 aliphatic carbocycles. The summed E-state index contributed by atoms with van der Waals surface area (Å²) in [7, 11) is -24.4. The Balaban J connectivity index is 1.30. The molecule has 4 rings (SSSR count). The fourth-order valence-corrected chi connectivity index (χ4v) is 12.4. The first-order valence-electron chi connectivity index (χ1n) is 33.5. The van der Waals surface area contributed by atoms with Crippen molar-refractivity contribution in [3.05, 3.63) is 70.5 Å². The van der Waals surface area contributed by atoms with Crippen molar-refractivity contribution in [2.24, 2.45) is 15.9 Å². The number of amides is 2. The SMILES string of the molecule is CNCCCc1c(OCCCCC(C=NCCCNC(=O)c2cc(OCCCS(=O)(=O)O)c(OCCCS(=O)(=O)O)c(OCCCS(=O)(=O)O)c2)=NN)cc(C(C)=O)cc1OCCCCc1cn(CCCNC(=O)c2cc(OCCCS(=O)(=O)O)c(OCCCS(=O)(=O)O)c(OCCCS(=O)(=O)O)c2)nn1. The summed E-state index contributed by atoms with van der Waals surface area (Å²) < 4.78 is 240. The topological polar surface area (TPSA) is 569 Å². The number of rotatable bonds is 58. The number of hydrogen-bond acceptors (Lipinski definition) is 29. The van der Waals surface area contributed by atoms with Crippen LogP contribution in [0.2, 0.25) is 0 Å². The molecule has 0 atom stereocenters. The number of nitrogens with one attached hydrogen (secondary N) is 3. The van der Waals surface area contributed by atoms with E-state index >= 15 is 0 Å². The highest BCUT2D eigenvalue weighted by molar-refractivity contribution is 7.86. The molecule has 4 aromatic rings. The third-order valence-corrected chi connectivity index (χ3v) is 19.4. The van der Waals surface area contributed by atoms with Crippen LogP contribution in [0.25, 0.3) is 0 Å². The Kier molecular flexibility index (Phi) is 39.3. The fourth-order valence-electron chi connectivity index (χ4n) is 9.52. The zero-order valence-electron chi connectivity index (χ0n) is 58.7. The first kappa shape index (κ1) is 90.8. The fraction of sp³-hybridized carbons (Fsp3) is 0.597. The molecule has 38 nitrogen and oxygen atoms in total. The summed E-state index contributed by atoms with van der Waals surface area (Å²) in [5.74, 6) is 0.288. The van der Waals surface area contributed by atoms with E-state index in [1.165, 1.54) is 37.4 Å². The van der Waals surface area contributed by atoms with Gasteiger partial charge < -0.3 is 59.7 Å². The molecule has 0 bridgehead atoms. The largest absolute Gasteiger partial charge is 0.493 e. The van der Waals surface area contributed by atoms with E-state index < -0.39 is 107 Å². The summed E-state index contributed by atoms with van der Waals surface area (Å²) in [6.07, 6.45) is 7.51. The number of ketones is 1. The first-order valence-corrected chi connectivity index (χ1v) is 43.2. The summed E-state index contributed by atoms with van der Waals surface area (Å²) >= 11 is 0. The number of carbonyl (C=O) groups excluding carboxylic acids is 3. The maximum Gasteiger partial charge on any atom is 0.264 e. The first-order chi connectivity index (χ1) is 49.9. The van der Waals surface area contributed by atoms with Gasteiger partial charge in [0.1, 0.15) is 11.5 Å². The third kappa shape index (κ3) is 39.8. The van der Waals surface area contributed by atoms with E-state index in [1.807, 2.05) is 7.05 Å². The maximum atomic E-state index is 13.5. The summed E-state index contributed by atoms with van der Waals surface area (Å²) in [5, 5.41) is 21.0. The van der Waals surface area contributed by atoms with Crippen LogP contribution in [0.3, 0.4) is 0 Å². The standard InChI is InChI=1S/C62H95N9O29S6/c1-46(72)47-38-53(93-24-5-3-16-50(68-63)44-65-20-8-21-66-61(73)48-40-55(95-26-10-32-101(75,76)77)59(99-30-14-36-105(87,88)89)56(41-48)96-27-11-33-102(78,79)80)52(18-7-19-64-2)54(39-47)94-25-6-4-17-51-45-71(70-69-51)23-9-22-67-62(74)49-42-57(97-28-12-34-103(81,82)83)60(100-31-15-37-106(90,91)92)58(43-49)98-29-13-35-104(84,85)86/h38-45,64H,3-37,63H2,1-2H3,(H,66,73)(H,67,74)(H,75,76,77)(H,78,79,80)(H,81,82,83)(H,84,85,86)(H,87,88,89)(H,90,91,92). The molecule has 1 aromatic heterocycles. The van der Waals surface area contributed by atoms with Gasteiger partial charge in [-0.3, -0.25) is 51.4 Å². The van der Waals surface area contributed by atoms with Crippen molar-refractivity contribution in [1.29, 1.82) is 0 Å². The van der Waals surface area contributed by atoms with E-state index in [0.717, 1.165) is 12.0 Å². The Hall–Kier alpha value is -7.63. The predicted molar refractivity (Wildman–Crippen MR) is 387 cm³/mol. The van der Waals surface area contributed by atoms with Gasteiger partial charge in [0.2, 0.25) is 11.5 Å². The third-order valence-electron chi connectivity index (χ3n) is 14.6. The molecule has 0 saturated heterocycles. The van der Waals surface area contributed by atoms with Gasteiger partial charge >= 0.3 is 0 Å². The molecule has 0 aliphatic heterocycles. The van der Waals surface area contributed by atoms with Crippen LogP contribution in [0.5, 0.6) is 46.0 Å². The minimum Gasteiger partial charge on any atom is -0.493 e. The van der Waals surface area contributed by atoms with Gasteiger partial charge in [0.15, 0.2) is 28.8 Å². The van der Waals surface area contributed by atoms with E-state index in [1.54, 1.807) is 23.0 Å². The summed E-state index contributed by atoms with van der Waals surface area (Å²) in [4.78, 5) is 44.2. The molecule has 0 fully saturated rings. The zero-order chi connectivity index (χ0) is 78.4. The van der Waals surface area contributed by atoms with Gasteiger partial charge in [-0.05, 0) is 160 Å². The van der Waals surface area contributed by atoms with Crippen molar-refractivity contribution >= 4 is 90.2 Å². The van der Waals surface area contributed by atoms with Crippen LogP contribution >= 0.6 is 0 Å². The molecule has 3 aromatic carbocycles. The Morgan fingerprint density at radius 3 is 1.22 bits per heavy atom. The minimum atomic E-state index is -4.37. The predicted octanol–water partition coefficient (Wildman–Crippen LogP) is 3.55. The number of nitrogens with zero attached hydrogens (tertiary/aromatic N) is 5. The van der Waals surface area contributed by atoms with E-state index in [0.29, 0.717) is 106 Å². The van der Waals surface area contributed by atoms with Crippen LogP contribution in [0.1, 0.15) is 139 Å². The number of hydrogen-bond donors (Lipinski definition) is 10. The lowest BCUT2D eigenvalue weighted by Gasteiger charge is -2.18. The lowest BCUT2D eigenvalue weighted by Crippen LogP contribution is -2.25. The molecule has 11 N–H and O–H groups in total. The molecule has 598 valence electrons. The van der Waals surface area contributed by atoms with Gasteiger partial charge in [0.25, 0.3) is 72.5 Å². The van der Waals surface area contributed by atoms with E-state index in [-0.39, 0.29) is 156 Å². The van der Waals surface area contributed by atoms with Crippen molar-refractivity contribution in [3.8, 4) is 46.0 Å². The second kappa shape index (κ2) is 45.9. The van der Waals surface area contributed by atoms with Crippen LogP contribution < -0.4 is 59.7 Å². The molecule has 106 heavy (non-hydrogen) atoms. The molecule has 0 saturated carbocycles. The quantitative estimate of drug-likeness (QED) is 0.00754. The van der Waals surface area contributed by atoms with E-state index in [9.17, 15) is 92.2 Å². The molecule has 1 heterocycles. The Morgan fingerprint density at radius 1 is 0.462 bits per heavy atom. The number of Topliss-reactive ketones (excluding diaryl/α,β-unsaturated/α-hetero) is 1. The summed E-state index contributed by atoms with van der Waals surface area (Å²) in [5.41, 5.74) is 2.30. The molecule has 0 unspecified atom stereocenters. The average Bonchev–Trinajstić information content (AvgIpc) is 1.61.